The monoisotopic (exact) mass is 643 g/mol. The summed E-state index contributed by atoms with van der Waals surface area (Å²) in [5, 5.41) is 10.9. The molecular formula is C45H33N5. The van der Waals surface area contributed by atoms with Gasteiger partial charge in [0, 0.05) is 45.0 Å². The molecule has 5 nitrogen and oxygen atoms in total. The highest BCUT2D eigenvalue weighted by Gasteiger charge is 2.22. The van der Waals surface area contributed by atoms with Gasteiger partial charge in [-0.2, -0.15) is 5.10 Å². The molecule has 1 unspecified atom stereocenters. The first-order valence-electron chi connectivity index (χ1n) is 17.0. The molecule has 0 spiro atoms. The molecule has 0 fully saturated rings. The normalized spacial score (nSPS) is 14.2. The minimum Gasteiger partial charge on any atom is -0.334 e. The van der Waals surface area contributed by atoms with Crippen LogP contribution in [0.3, 0.4) is 0 Å². The second kappa shape index (κ2) is 12.8. The molecule has 0 radical (unpaired) electrons. The maximum absolute atomic E-state index is 5.08. The van der Waals surface area contributed by atoms with Crippen LogP contribution in [0.2, 0.25) is 0 Å². The lowest BCUT2D eigenvalue weighted by atomic mass is 9.94. The summed E-state index contributed by atoms with van der Waals surface area (Å²) in [5.74, 6) is 0. The molecule has 3 heterocycles. The largest absolute Gasteiger partial charge is 0.334 e. The number of imidazole rings is 1. The van der Waals surface area contributed by atoms with Crippen LogP contribution in [0.4, 0.5) is 11.4 Å². The first-order valence-corrected chi connectivity index (χ1v) is 17.0. The van der Waals surface area contributed by atoms with E-state index in [1.54, 1.807) is 0 Å². The van der Waals surface area contributed by atoms with E-state index in [2.05, 4.69) is 177 Å². The number of rotatable bonds is 7. The van der Waals surface area contributed by atoms with E-state index in [-0.39, 0.29) is 6.04 Å². The van der Waals surface area contributed by atoms with Gasteiger partial charge in [0.05, 0.1) is 23.6 Å². The summed E-state index contributed by atoms with van der Waals surface area (Å²) >= 11 is 0. The van der Waals surface area contributed by atoms with E-state index in [4.69, 9.17) is 4.98 Å². The van der Waals surface area contributed by atoms with Crippen LogP contribution in [0.1, 0.15) is 12.0 Å². The Bertz CT molecular complexity index is 2490. The molecule has 8 aromatic rings. The van der Waals surface area contributed by atoms with Crippen molar-refractivity contribution in [2.24, 2.45) is 0 Å². The standard InChI is InChI=1S/C45H33N5/c1-3-11-36(12-4-1)45-44(47-42-17-9-10-30-49(42)45)35-24-28-40(29-25-35)50(38-14-5-2-6-15-38)39-26-22-33(23-27-39)32-18-20-34(21-19-32)43-41-16-8-7-13-37(41)31-46-48-43/h1-26,28-31,39H,27H2. The van der Waals surface area contributed by atoms with Crippen LogP contribution < -0.4 is 4.90 Å². The molecule has 0 amide bonds. The van der Waals surface area contributed by atoms with Crippen LogP contribution >= 0.6 is 0 Å². The summed E-state index contributed by atoms with van der Waals surface area (Å²) in [6.07, 6.45) is 11.7. The second-order valence-electron chi connectivity index (χ2n) is 12.5. The lowest BCUT2D eigenvalue weighted by Gasteiger charge is -2.33. The van der Waals surface area contributed by atoms with Crippen molar-refractivity contribution in [3.63, 3.8) is 0 Å². The molecule has 1 aliphatic rings. The maximum Gasteiger partial charge on any atom is 0.137 e. The van der Waals surface area contributed by atoms with Gasteiger partial charge < -0.3 is 4.90 Å². The Morgan fingerprint density at radius 2 is 1.24 bits per heavy atom. The first kappa shape index (κ1) is 29.5. The van der Waals surface area contributed by atoms with Crippen LogP contribution in [0, 0.1) is 0 Å². The Hall–Kier alpha value is -6.59. The van der Waals surface area contributed by atoms with Gasteiger partial charge in [0.2, 0.25) is 0 Å². The minimum atomic E-state index is 0.160. The molecule has 3 aromatic heterocycles. The van der Waals surface area contributed by atoms with Crippen molar-refractivity contribution < 1.29 is 0 Å². The third-order valence-electron chi connectivity index (χ3n) is 9.50. The molecule has 5 aromatic carbocycles. The van der Waals surface area contributed by atoms with E-state index in [9.17, 15) is 0 Å². The van der Waals surface area contributed by atoms with Crippen molar-refractivity contribution in [2.75, 3.05) is 4.90 Å². The third kappa shape index (κ3) is 5.45. The SMILES string of the molecule is C1=CC(N(c2ccccc2)c2ccc(-c3nc4ccccn4c3-c3ccccc3)cc2)CC=C1c1ccc(-c2nncc3ccccc23)cc1. The zero-order valence-corrected chi connectivity index (χ0v) is 27.3. The van der Waals surface area contributed by atoms with Gasteiger partial charge in [-0.1, -0.05) is 133 Å². The Morgan fingerprint density at radius 3 is 2.02 bits per heavy atom. The number of para-hydroxylation sites is 1. The number of anilines is 2. The number of hydrogen-bond acceptors (Lipinski definition) is 4. The van der Waals surface area contributed by atoms with Crippen LogP contribution in [-0.4, -0.2) is 25.6 Å². The third-order valence-corrected chi connectivity index (χ3v) is 9.50. The fourth-order valence-electron chi connectivity index (χ4n) is 7.05. The Balaban J connectivity index is 1.01. The van der Waals surface area contributed by atoms with E-state index in [0.717, 1.165) is 68.0 Å². The smallest absolute Gasteiger partial charge is 0.137 e. The van der Waals surface area contributed by atoms with E-state index < -0.39 is 0 Å². The average Bonchev–Trinajstić information content (AvgIpc) is 3.59. The minimum absolute atomic E-state index is 0.160. The lowest BCUT2D eigenvalue weighted by Crippen LogP contribution is -2.30. The molecule has 1 atom stereocenters. The summed E-state index contributed by atoms with van der Waals surface area (Å²) in [4.78, 5) is 7.51. The van der Waals surface area contributed by atoms with Crippen molar-refractivity contribution in [1.82, 2.24) is 19.6 Å². The van der Waals surface area contributed by atoms with Gasteiger partial charge in [-0.3, -0.25) is 4.40 Å². The van der Waals surface area contributed by atoms with Crippen molar-refractivity contribution in [1.29, 1.82) is 0 Å². The predicted octanol–water partition coefficient (Wildman–Crippen LogP) is 10.8. The molecule has 9 rings (SSSR count). The highest BCUT2D eigenvalue weighted by atomic mass is 15.2. The highest BCUT2D eigenvalue weighted by Crippen LogP contribution is 2.37. The Kier molecular flexibility index (Phi) is 7.56. The zero-order chi connectivity index (χ0) is 33.3. The van der Waals surface area contributed by atoms with E-state index in [1.807, 2.05) is 24.4 Å². The first-order chi connectivity index (χ1) is 24.8. The van der Waals surface area contributed by atoms with Gasteiger partial charge >= 0.3 is 0 Å². The number of nitrogens with zero attached hydrogens (tertiary/aromatic N) is 5. The molecule has 5 heteroatoms. The molecule has 0 saturated heterocycles. The van der Waals surface area contributed by atoms with Gasteiger partial charge in [0.15, 0.2) is 0 Å². The summed E-state index contributed by atoms with van der Waals surface area (Å²) in [7, 11) is 0. The van der Waals surface area contributed by atoms with Crippen molar-refractivity contribution >= 4 is 33.4 Å². The molecule has 0 aliphatic heterocycles. The topological polar surface area (TPSA) is 46.3 Å². The molecular weight excluding hydrogens is 611 g/mol. The summed E-state index contributed by atoms with van der Waals surface area (Å²) in [6, 6.07) is 53.3. The second-order valence-corrected chi connectivity index (χ2v) is 12.5. The molecule has 0 bridgehead atoms. The zero-order valence-electron chi connectivity index (χ0n) is 27.3. The van der Waals surface area contributed by atoms with E-state index in [1.165, 1.54) is 11.1 Å². The van der Waals surface area contributed by atoms with Crippen molar-refractivity contribution in [3.05, 3.63) is 188 Å². The van der Waals surface area contributed by atoms with Gasteiger partial charge in [-0.15, -0.1) is 5.10 Å². The lowest BCUT2D eigenvalue weighted by molar-refractivity contribution is 0.787. The number of hydrogen-bond donors (Lipinski definition) is 0. The molecule has 238 valence electrons. The van der Waals surface area contributed by atoms with E-state index >= 15 is 0 Å². The number of benzene rings is 5. The van der Waals surface area contributed by atoms with Crippen LogP contribution in [0.5, 0.6) is 0 Å². The summed E-state index contributed by atoms with van der Waals surface area (Å²) < 4.78 is 2.18. The van der Waals surface area contributed by atoms with Gasteiger partial charge in [0.25, 0.3) is 0 Å². The molecule has 1 aliphatic carbocycles. The van der Waals surface area contributed by atoms with Crippen molar-refractivity contribution in [2.45, 2.75) is 12.5 Å². The Labute approximate surface area is 291 Å². The quantitative estimate of drug-likeness (QED) is 0.173. The van der Waals surface area contributed by atoms with Gasteiger partial charge in [-0.25, -0.2) is 4.98 Å². The number of allylic oxidation sites excluding steroid dienone is 2. The maximum atomic E-state index is 5.08. The number of aromatic nitrogens is 4. The molecule has 0 saturated carbocycles. The van der Waals surface area contributed by atoms with Crippen LogP contribution in [-0.2, 0) is 0 Å². The number of fused-ring (bicyclic) bond motifs is 2. The highest BCUT2D eigenvalue weighted by molar-refractivity contribution is 5.94. The van der Waals surface area contributed by atoms with Crippen molar-refractivity contribution in [3.8, 4) is 33.8 Å². The average molecular weight is 644 g/mol. The fourth-order valence-corrected chi connectivity index (χ4v) is 7.05. The number of pyridine rings is 1. The predicted molar refractivity (Wildman–Crippen MR) is 205 cm³/mol. The van der Waals surface area contributed by atoms with Crippen LogP contribution in [0.15, 0.2) is 182 Å². The van der Waals surface area contributed by atoms with Crippen LogP contribution in [0.25, 0.3) is 55.8 Å². The molecule has 50 heavy (non-hydrogen) atoms. The van der Waals surface area contributed by atoms with E-state index in [0.29, 0.717) is 0 Å². The summed E-state index contributed by atoms with van der Waals surface area (Å²) in [5.41, 5.74) is 11.9. The fraction of sp³-hybridized carbons (Fsp3) is 0.0444. The Morgan fingerprint density at radius 1 is 0.580 bits per heavy atom. The van der Waals surface area contributed by atoms with Gasteiger partial charge in [-0.05, 0) is 54.0 Å². The summed E-state index contributed by atoms with van der Waals surface area (Å²) in [6.45, 7) is 0. The molecule has 0 N–H and O–H groups in total. The van der Waals surface area contributed by atoms with Gasteiger partial charge in [0.1, 0.15) is 11.3 Å².